The van der Waals surface area contributed by atoms with Crippen molar-refractivity contribution in [3.8, 4) is 47.4 Å². The lowest BCUT2D eigenvalue weighted by atomic mass is 10.3. The van der Waals surface area contributed by atoms with Gasteiger partial charge in [0.15, 0.2) is 0 Å². The minimum Gasteiger partial charge on any atom is -0.356 e. The molecule has 1 nitrogen and oxygen atoms in total. The maximum Gasteiger partial charge on any atom is 0.145 e. The van der Waals surface area contributed by atoms with Gasteiger partial charge in [0, 0.05) is 0 Å². The highest BCUT2D eigenvalue weighted by Crippen LogP contribution is 2.18. The van der Waals surface area contributed by atoms with E-state index in [-0.39, 0.29) is 12.2 Å². The van der Waals surface area contributed by atoms with E-state index in [0.717, 1.165) is 0 Å². The molecule has 0 radical (unpaired) electrons. The van der Waals surface area contributed by atoms with Crippen molar-refractivity contribution in [1.82, 2.24) is 0 Å². The SMILES string of the molecule is C=CC#CC#CC#CC#CC1OC1C. The second kappa shape index (κ2) is 5.56. The Labute approximate surface area is 84.5 Å². The number of hydrogen-bond donors (Lipinski definition) is 0. The van der Waals surface area contributed by atoms with Gasteiger partial charge >= 0.3 is 0 Å². The Morgan fingerprint density at radius 2 is 1.64 bits per heavy atom. The van der Waals surface area contributed by atoms with Gasteiger partial charge < -0.3 is 4.74 Å². The van der Waals surface area contributed by atoms with Crippen molar-refractivity contribution in [1.29, 1.82) is 0 Å². The summed E-state index contributed by atoms with van der Waals surface area (Å²) in [5, 5.41) is 0. The van der Waals surface area contributed by atoms with Gasteiger partial charge in [0.05, 0.1) is 6.10 Å². The van der Waals surface area contributed by atoms with E-state index in [9.17, 15) is 0 Å². The standard InChI is InChI=1S/C13H8O/c1-3-4-5-6-7-8-9-10-11-13-12(2)14-13/h3,12-13H,1H2,2H3. The van der Waals surface area contributed by atoms with Gasteiger partial charge in [0.2, 0.25) is 0 Å². The summed E-state index contributed by atoms with van der Waals surface area (Å²) in [6.07, 6.45) is 1.81. The van der Waals surface area contributed by atoms with Gasteiger partial charge in [0.1, 0.15) is 6.10 Å². The first-order valence-electron chi connectivity index (χ1n) is 4.12. The molecule has 2 unspecified atom stereocenters. The molecule has 0 N–H and O–H groups in total. The number of allylic oxidation sites excluding steroid dienone is 1. The molecular formula is C13H8O. The highest BCUT2D eigenvalue weighted by Gasteiger charge is 2.31. The summed E-state index contributed by atoms with van der Waals surface area (Å²) < 4.78 is 5.07. The molecule has 0 saturated carbocycles. The van der Waals surface area contributed by atoms with Crippen molar-refractivity contribution in [3.05, 3.63) is 12.7 Å². The first-order chi connectivity index (χ1) is 6.84. The fourth-order valence-corrected chi connectivity index (χ4v) is 0.657. The van der Waals surface area contributed by atoms with Crippen LogP contribution in [0.1, 0.15) is 6.92 Å². The van der Waals surface area contributed by atoms with E-state index in [2.05, 4.69) is 53.9 Å². The second-order valence-electron chi connectivity index (χ2n) is 2.50. The smallest absolute Gasteiger partial charge is 0.145 e. The second-order valence-corrected chi connectivity index (χ2v) is 2.50. The predicted octanol–water partition coefficient (Wildman–Crippen LogP) is 0.973. The lowest BCUT2D eigenvalue weighted by Gasteiger charge is -1.64. The average molecular weight is 180 g/mol. The Balaban J connectivity index is 2.34. The maximum absolute atomic E-state index is 5.07. The quantitative estimate of drug-likeness (QED) is 0.400. The Bertz CT molecular complexity index is 454. The molecular weight excluding hydrogens is 172 g/mol. The number of hydrogen-bond acceptors (Lipinski definition) is 1. The summed E-state index contributed by atoms with van der Waals surface area (Å²) in [7, 11) is 0. The Morgan fingerprint density at radius 3 is 2.21 bits per heavy atom. The van der Waals surface area contributed by atoms with Crippen LogP contribution in [0.5, 0.6) is 0 Å². The van der Waals surface area contributed by atoms with Crippen LogP contribution in [0.2, 0.25) is 0 Å². The molecule has 1 saturated heterocycles. The van der Waals surface area contributed by atoms with E-state index in [1.807, 2.05) is 6.92 Å². The number of epoxide rings is 1. The fraction of sp³-hybridized carbons (Fsp3) is 0.231. The summed E-state index contributed by atoms with van der Waals surface area (Å²) in [4.78, 5) is 0. The maximum atomic E-state index is 5.07. The van der Waals surface area contributed by atoms with Crippen LogP contribution in [0.3, 0.4) is 0 Å². The van der Waals surface area contributed by atoms with Gasteiger partial charge in [-0.05, 0) is 48.5 Å². The van der Waals surface area contributed by atoms with Gasteiger partial charge in [-0.3, -0.25) is 0 Å². The molecule has 1 fully saturated rings. The predicted molar refractivity (Wildman–Crippen MR) is 55.6 cm³/mol. The van der Waals surface area contributed by atoms with Crippen LogP contribution in [0.15, 0.2) is 12.7 Å². The van der Waals surface area contributed by atoms with Crippen molar-refractivity contribution in [3.63, 3.8) is 0 Å². The van der Waals surface area contributed by atoms with Crippen LogP contribution in [-0.2, 0) is 4.74 Å². The van der Waals surface area contributed by atoms with Crippen LogP contribution < -0.4 is 0 Å². The molecule has 14 heavy (non-hydrogen) atoms. The molecule has 0 aromatic heterocycles. The van der Waals surface area contributed by atoms with Gasteiger partial charge in [-0.15, -0.1) is 0 Å². The van der Waals surface area contributed by atoms with E-state index < -0.39 is 0 Å². The van der Waals surface area contributed by atoms with Crippen LogP contribution >= 0.6 is 0 Å². The van der Waals surface area contributed by atoms with Crippen LogP contribution in [0.4, 0.5) is 0 Å². The summed E-state index contributed by atoms with van der Waals surface area (Å²) in [6.45, 7) is 5.40. The fourth-order valence-electron chi connectivity index (χ4n) is 0.657. The number of rotatable bonds is 0. The topological polar surface area (TPSA) is 12.5 Å². The molecule has 1 aliphatic heterocycles. The summed E-state index contributed by atoms with van der Waals surface area (Å²) in [6, 6.07) is 0. The van der Waals surface area contributed by atoms with Gasteiger partial charge in [-0.25, -0.2) is 0 Å². The average Bonchev–Trinajstić information content (AvgIpc) is 2.87. The van der Waals surface area contributed by atoms with Crippen LogP contribution in [-0.4, -0.2) is 12.2 Å². The molecule has 66 valence electrons. The Kier molecular flexibility index (Phi) is 3.98. The normalized spacial score (nSPS) is 20.4. The van der Waals surface area contributed by atoms with Gasteiger partial charge in [-0.2, -0.15) is 0 Å². The van der Waals surface area contributed by atoms with E-state index in [4.69, 9.17) is 4.74 Å². The highest BCUT2D eigenvalue weighted by molar-refractivity contribution is 5.41. The molecule has 0 spiro atoms. The third-order valence-electron chi connectivity index (χ3n) is 1.41. The van der Waals surface area contributed by atoms with Crippen molar-refractivity contribution in [2.75, 3.05) is 0 Å². The monoisotopic (exact) mass is 180 g/mol. The van der Waals surface area contributed by atoms with Crippen LogP contribution in [0.25, 0.3) is 0 Å². The minimum atomic E-state index is 0.0674. The molecule has 2 atom stereocenters. The third kappa shape index (κ3) is 4.09. The van der Waals surface area contributed by atoms with E-state index in [1.165, 1.54) is 6.08 Å². The van der Waals surface area contributed by atoms with Crippen molar-refractivity contribution in [2.24, 2.45) is 0 Å². The van der Waals surface area contributed by atoms with Crippen molar-refractivity contribution < 1.29 is 4.74 Å². The first-order valence-corrected chi connectivity index (χ1v) is 4.12. The summed E-state index contributed by atoms with van der Waals surface area (Å²) in [5.41, 5.74) is 0. The molecule has 1 heteroatoms. The first kappa shape index (κ1) is 10.0. The summed E-state index contributed by atoms with van der Waals surface area (Å²) >= 11 is 0. The van der Waals surface area contributed by atoms with Crippen molar-refractivity contribution >= 4 is 0 Å². The molecule has 0 aromatic rings. The van der Waals surface area contributed by atoms with Crippen LogP contribution in [0, 0.1) is 47.4 Å². The van der Waals surface area contributed by atoms with E-state index >= 15 is 0 Å². The molecule has 1 rings (SSSR count). The molecule has 0 aromatic carbocycles. The lowest BCUT2D eigenvalue weighted by Crippen LogP contribution is -1.80. The third-order valence-corrected chi connectivity index (χ3v) is 1.41. The van der Waals surface area contributed by atoms with E-state index in [0.29, 0.717) is 0 Å². The lowest BCUT2D eigenvalue weighted by molar-refractivity contribution is 0.403. The zero-order valence-electron chi connectivity index (χ0n) is 7.85. The molecule has 0 aliphatic carbocycles. The van der Waals surface area contributed by atoms with Gasteiger partial charge in [0.25, 0.3) is 0 Å². The molecule has 0 bridgehead atoms. The zero-order valence-corrected chi connectivity index (χ0v) is 7.85. The molecule has 1 heterocycles. The summed E-state index contributed by atoms with van der Waals surface area (Å²) in [5.74, 6) is 20.9. The largest absolute Gasteiger partial charge is 0.356 e. The molecule has 0 amide bonds. The molecule has 1 aliphatic rings. The Hall–Kier alpha value is -2.06. The zero-order chi connectivity index (χ0) is 10.2. The highest BCUT2D eigenvalue weighted by atomic mass is 16.6. The Morgan fingerprint density at radius 1 is 1.07 bits per heavy atom. The van der Waals surface area contributed by atoms with Gasteiger partial charge in [-0.1, -0.05) is 18.4 Å². The minimum absolute atomic E-state index is 0.0674. The van der Waals surface area contributed by atoms with E-state index in [1.54, 1.807) is 0 Å². The van der Waals surface area contributed by atoms with Crippen molar-refractivity contribution in [2.45, 2.75) is 19.1 Å². The number of ether oxygens (including phenoxy) is 1.